The molecule has 1 N–H and O–H groups in total. The molecule has 3 nitrogen and oxygen atoms in total. The van der Waals surface area contributed by atoms with Crippen molar-refractivity contribution in [2.45, 2.75) is 38.7 Å². The van der Waals surface area contributed by atoms with Crippen LogP contribution >= 0.6 is 11.6 Å². The highest BCUT2D eigenvalue weighted by Crippen LogP contribution is 2.30. The molecule has 98 valence electrons. The molecule has 0 spiro atoms. The quantitative estimate of drug-likeness (QED) is 0.901. The largest absolute Gasteiger partial charge is 0.489 e. The summed E-state index contributed by atoms with van der Waals surface area (Å²) in [5, 5.41) is 9.60. The zero-order valence-electron chi connectivity index (χ0n) is 10.4. The summed E-state index contributed by atoms with van der Waals surface area (Å²) in [4.78, 5) is 11.1. The first-order valence-corrected chi connectivity index (χ1v) is 6.63. The van der Waals surface area contributed by atoms with Crippen LogP contribution < -0.4 is 4.74 Å². The van der Waals surface area contributed by atoms with Crippen LogP contribution in [0.15, 0.2) is 18.2 Å². The Balaban J connectivity index is 2.12. The minimum Gasteiger partial charge on any atom is -0.489 e. The number of carboxylic acid groups (broad SMARTS) is 1. The smallest absolute Gasteiger partial charge is 0.339 e. The van der Waals surface area contributed by atoms with Gasteiger partial charge in [-0.15, -0.1) is 0 Å². The summed E-state index contributed by atoms with van der Waals surface area (Å²) >= 11 is 5.89. The van der Waals surface area contributed by atoms with E-state index < -0.39 is 5.97 Å². The Hall–Kier alpha value is -1.22. The van der Waals surface area contributed by atoms with E-state index in [1.807, 2.05) is 0 Å². The van der Waals surface area contributed by atoms with Gasteiger partial charge in [-0.05, 0) is 49.8 Å². The number of halogens is 1. The SMILES string of the molecule is CC1CCC(Oc2cc(Cl)ccc2C(=O)O)CC1. The van der Waals surface area contributed by atoms with Crippen LogP contribution in [0.2, 0.25) is 5.02 Å². The highest BCUT2D eigenvalue weighted by Gasteiger charge is 2.21. The lowest BCUT2D eigenvalue weighted by Gasteiger charge is -2.27. The first kappa shape index (κ1) is 13.2. The lowest BCUT2D eigenvalue weighted by Crippen LogP contribution is -2.23. The van der Waals surface area contributed by atoms with Gasteiger partial charge in [0.2, 0.25) is 0 Å². The second-order valence-corrected chi connectivity index (χ2v) is 5.38. The zero-order valence-corrected chi connectivity index (χ0v) is 11.1. The van der Waals surface area contributed by atoms with E-state index in [4.69, 9.17) is 21.4 Å². The van der Waals surface area contributed by atoms with Crippen LogP contribution in [0, 0.1) is 5.92 Å². The van der Waals surface area contributed by atoms with Gasteiger partial charge in [-0.1, -0.05) is 18.5 Å². The second-order valence-electron chi connectivity index (χ2n) is 4.95. The molecule has 1 aromatic carbocycles. The van der Waals surface area contributed by atoms with Gasteiger partial charge in [-0.2, -0.15) is 0 Å². The van der Waals surface area contributed by atoms with Crippen molar-refractivity contribution in [3.05, 3.63) is 28.8 Å². The molecular weight excluding hydrogens is 252 g/mol. The van der Waals surface area contributed by atoms with Crippen molar-refractivity contribution in [3.8, 4) is 5.75 Å². The summed E-state index contributed by atoms with van der Waals surface area (Å²) in [5.41, 5.74) is 0.179. The number of hydrogen-bond donors (Lipinski definition) is 1. The molecular formula is C14H17ClO3. The molecule has 0 saturated heterocycles. The summed E-state index contributed by atoms with van der Waals surface area (Å²) in [5.74, 6) is 0.142. The molecule has 4 heteroatoms. The molecule has 1 aromatic rings. The fraction of sp³-hybridized carbons (Fsp3) is 0.500. The van der Waals surface area contributed by atoms with Crippen LogP contribution in [-0.4, -0.2) is 17.2 Å². The highest BCUT2D eigenvalue weighted by molar-refractivity contribution is 6.30. The van der Waals surface area contributed by atoms with Gasteiger partial charge in [-0.3, -0.25) is 0 Å². The second kappa shape index (κ2) is 5.61. The van der Waals surface area contributed by atoms with Gasteiger partial charge in [0.15, 0.2) is 0 Å². The third-order valence-corrected chi connectivity index (χ3v) is 3.67. The molecule has 0 aliphatic heterocycles. The molecule has 1 saturated carbocycles. The lowest BCUT2D eigenvalue weighted by atomic mass is 9.89. The van der Waals surface area contributed by atoms with Gasteiger partial charge in [0, 0.05) is 5.02 Å². The third kappa shape index (κ3) is 3.16. The molecule has 1 fully saturated rings. The van der Waals surface area contributed by atoms with Crippen LogP contribution in [0.5, 0.6) is 5.75 Å². The zero-order chi connectivity index (χ0) is 13.1. The maximum atomic E-state index is 11.1. The van der Waals surface area contributed by atoms with Crippen LogP contribution in [0.25, 0.3) is 0 Å². The van der Waals surface area contributed by atoms with Gasteiger partial charge in [0.05, 0.1) is 6.10 Å². The van der Waals surface area contributed by atoms with Crippen molar-refractivity contribution in [3.63, 3.8) is 0 Å². The number of ether oxygens (including phenoxy) is 1. The van der Waals surface area contributed by atoms with E-state index in [0.29, 0.717) is 10.8 Å². The fourth-order valence-electron chi connectivity index (χ4n) is 2.30. The maximum absolute atomic E-state index is 11.1. The van der Waals surface area contributed by atoms with Crippen molar-refractivity contribution in [2.24, 2.45) is 5.92 Å². The average Bonchev–Trinajstić information content (AvgIpc) is 2.32. The van der Waals surface area contributed by atoms with E-state index in [2.05, 4.69) is 6.92 Å². The molecule has 0 amide bonds. The number of carboxylic acids is 1. The Morgan fingerprint density at radius 3 is 2.61 bits per heavy atom. The predicted octanol–water partition coefficient (Wildman–Crippen LogP) is 4.00. The van der Waals surface area contributed by atoms with Crippen LogP contribution in [0.3, 0.4) is 0 Å². The number of aromatic carboxylic acids is 1. The van der Waals surface area contributed by atoms with Gasteiger partial charge in [0.1, 0.15) is 11.3 Å². The van der Waals surface area contributed by atoms with E-state index in [1.54, 1.807) is 12.1 Å². The molecule has 1 aliphatic rings. The topological polar surface area (TPSA) is 46.5 Å². The monoisotopic (exact) mass is 268 g/mol. The van der Waals surface area contributed by atoms with Gasteiger partial charge < -0.3 is 9.84 Å². The van der Waals surface area contributed by atoms with Gasteiger partial charge >= 0.3 is 5.97 Å². The maximum Gasteiger partial charge on any atom is 0.339 e. The fourth-order valence-corrected chi connectivity index (χ4v) is 2.46. The minimum absolute atomic E-state index is 0.109. The third-order valence-electron chi connectivity index (χ3n) is 3.43. The number of hydrogen-bond acceptors (Lipinski definition) is 2. The first-order chi connectivity index (χ1) is 8.56. The van der Waals surface area contributed by atoms with Crippen LogP contribution in [-0.2, 0) is 0 Å². The van der Waals surface area contributed by atoms with Gasteiger partial charge in [0.25, 0.3) is 0 Å². The standard InChI is InChI=1S/C14H17ClO3/c1-9-2-5-11(6-3-9)18-13-8-10(15)4-7-12(13)14(16)17/h4,7-9,11H,2-3,5-6H2,1H3,(H,16,17). The van der Waals surface area contributed by atoms with Crippen molar-refractivity contribution in [1.82, 2.24) is 0 Å². The van der Waals surface area contributed by atoms with E-state index in [0.717, 1.165) is 31.6 Å². The summed E-state index contributed by atoms with van der Waals surface area (Å²) in [7, 11) is 0. The van der Waals surface area contributed by atoms with Crippen molar-refractivity contribution >= 4 is 17.6 Å². The molecule has 2 rings (SSSR count). The Labute approximate surface area is 112 Å². The van der Waals surface area contributed by atoms with Crippen LogP contribution in [0.4, 0.5) is 0 Å². The van der Waals surface area contributed by atoms with E-state index in [9.17, 15) is 4.79 Å². The summed E-state index contributed by atoms with van der Waals surface area (Å²) in [6.07, 6.45) is 4.33. The highest BCUT2D eigenvalue weighted by atomic mass is 35.5. The van der Waals surface area contributed by atoms with E-state index >= 15 is 0 Å². The molecule has 0 heterocycles. The molecule has 0 aromatic heterocycles. The van der Waals surface area contributed by atoms with E-state index in [1.165, 1.54) is 6.07 Å². The summed E-state index contributed by atoms with van der Waals surface area (Å²) in [6.45, 7) is 2.23. The van der Waals surface area contributed by atoms with E-state index in [-0.39, 0.29) is 11.7 Å². The van der Waals surface area contributed by atoms with Crippen molar-refractivity contribution in [2.75, 3.05) is 0 Å². The minimum atomic E-state index is -0.981. The predicted molar refractivity (Wildman–Crippen MR) is 70.5 cm³/mol. The Kier molecular flexibility index (Phi) is 4.12. The average molecular weight is 269 g/mol. The molecule has 0 bridgehead atoms. The molecule has 1 aliphatic carbocycles. The number of carbonyl (C=O) groups is 1. The number of rotatable bonds is 3. The van der Waals surface area contributed by atoms with Crippen LogP contribution in [0.1, 0.15) is 43.0 Å². The summed E-state index contributed by atoms with van der Waals surface area (Å²) < 4.78 is 5.81. The first-order valence-electron chi connectivity index (χ1n) is 6.25. The molecule has 0 atom stereocenters. The normalized spacial score (nSPS) is 23.7. The van der Waals surface area contributed by atoms with Gasteiger partial charge in [-0.25, -0.2) is 4.79 Å². The molecule has 0 radical (unpaired) electrons. The summed E-state index contributed by atoms with van der Waals surface area (Å²) in [6, 6.07) is 4.65. The number of benzene rings is 1. The van der Waals surface area contributed by atoms with Crippen molar-refractivity contribution in [1.29, 1.82) is 0 Å². The molecule has 0 unspecified atom stereocenters. The van der Waals surface area contributed by atoms with Crippen molar-refractivity contribution < 1.29 is 14.6 Å². The lowest BCUT2D eigenvalue weighted by molar-refractivity contribution is 0.0684. The molecule has 18 heavy (non-hydrogen) atoms. The Morgan fingerprint density at radius 2 is 2.00 bits per heavy atom. The Morgan fingerprint density at radius 1 is 1.33 bits per heavy atom. The Bertz CT molecular complexity index is 437.